The molecule has 0 spiro atoms. The maximum absolute atomic E-state index is 7.57. The van der Waals surface area contributed by atoms with E-state index in [1.165, 1.54) is 0 Å². The number of aliphatic hydroxyl groups excluding tert-OH is 1. The Hall–Kier alpha value is 0.359. The molecule has 55 valence electrons. The molecular formula is C2H12CuO4. The van der Waals surface area contributed by atoms with Gasteiger partial charge in [-0.2, -0.15) is 0 Å². The molecule has 0 amide bonds. The summed E-state index contributed by atoms with van der Waals surface area (Å²) in [6, 6.07) is 0. The molecule has 0 aromatic carbocycles. The van der Waals surface area contributed by atoms with E-state index in [1.54, 1.807) is 6.92 Å². The molecule has 0 aromatic heterocycles. The van der Waals surface area contributed by atoms with Crippen molar-refractivity contribution in [3.05, 3.63) is 0 Å². The molecule has 1 radical (unpaired) electrons. The normalized spacial score (nSPS) is 2.57. The fourth-order valence-electron chi connectivity index (χ4n) is 0. The van der Waals surface area contributed by atoms with Gasteiger partial charge in [-0.15, -0.1) is 0 Å². The third-order valence-electron chi connectivity index (χ3n) is 0. The van der Waals surface area contributed by atoms with Crippen LogP contribution in [0.25, 0.3) is 0 Å². The van der Waals surface area contributed by atoms with E-state index < -0.39 is 0 Å². The van der Waals surface area contributed by atoms with Crippen molar-refractivity contribution in [1.29, 1.82) is 0 Å². The summed E-state index contributed by atoms with van der Waals surface area (Å²) in [7, 11) is 0. The second-order valence-corrected chi connectivity index (χ2v) is 0.316. The quantitative estimate of drug-likeness (QED) is 0.392. The van der Waals surface area contributed by atoms with Gasteiger partial charge >= 0.3 is 0 Å². The van der Waals surface area contributed by atoms with Crippen molar-refractivity contribution >= 4 is 0 Å². The van der Waals surface area contributed by atoms with Crippen LogP contribution in [-0.4, -0.2) is 28.1 Å². The zero-order valence-electron chi connectivity index (χ0n) is 3.96. The van der Waals surface area contributed by atoms with E-state index in [-0.39, 0.29) is 40.1 Å². The molecule has 0 aliphatic rings. The molecule has 4 nitrogen and oxygen atoms in total. The largest absolute Gasteiger partial charge is 0.412 e. The summed E-state index contributed by atoms with van der Waals surface area (Å²) >= 11 is 0. The monoisotopic (exact) mass is 163 g/mol. The van der Waals surface area contributed by atoms with Crippen LogP contribution in [-0.2, 0) is 17.1 Å². The van der Waals surface area contributed by atoms with Crippen LogP contribution in [0.5, 0.6) is 0 Å². The number of aliphatic hydroxyl groups is 1. The zero-order valence-corrected chi connectivity index (χ0v) is 4.90. The Bertz CT molecular complexity index is 9.65. The number of hydrogen-bond acceptors (Lipinski definition) is 1. The first-order valence-electron chi connectivity index (χ1n) is 1.02. The van der Waals surface area contributed by atoms with Crippen LogP contribution in [0.2, 0.25) is 0 Å². The number of rotatable bonds is 0. The van der Waals surface area contributed by atoms with Crippen LogP contribution < -0.4 is 0 Å². The van der Waals surface area contributed by atoms with Crippen molar-refractivity contribution in [2.75, 3.05) is 6.61 Å². The molecule has 0 aliphatic carbocycles. The van der Waals surface area contributed by atoms with E-state index in [2.05, 4.69) is 0 Å². The summed E-state index contributed by atoms with van der Waals surface area (Å²) < 4.78 is 0. The summed E-state index contributed by atoms with van der Waals surface area (Å²) in [5.41, 5.74) is 0. The second kappa shape index (κ2) is 98.8. The van der Waals surface area contributed by atoms with Crippen molar-refractivity contribution < 1.29 is 38.6 Å². The zero-order chi connectivity index (χ0) is 2.71. The van der Waals surface area contributed by atoms with Gasteiger partial charge in [0, 0.05) is 23.7 Å². The first kappa shape index (κ1) is 53.5. The Labute approximate surface area is 52.9 Å². The van der Waals surface area contributed by atoms with Gasteiger partial charge < -0.3 is 21.5 Å². The van der Waals surface area contributed by atoms with Crippen LogP contribution in [0.1, 0.15) is 6.92 Å². The molecule has 0 fully saturated rings. The summed E-state index contributed by atoms with van der Waals surface area (Å²) in [5.74, 6) is 0. The average Bonchev–Trinajstić information content (AvgIpc) is 0.918. The van der Waals surface area contributed by atoms with Gasteiger partial charge in [0.15, 0.2) is 0 Å². The molecule has 0 bridgehead atoms. The minimum absolute atomic E-state index is 0. The smallest absolute Gasteiger partial charge is 0.0402 e. The molecular weight excluding hydrogens is 152 g/mol. The SMILES string of the molecule is CCO.O.O.O.[Cu]. The molecule has 0 rings (SSSR count). The minimum atomic E-state index is 0. The predicted octanol–water partition coefficient (Wildman–Crippen LogP) is -2.48. The van der Waals surface area contributed by atoms with Crippen LogP contribution in [0.4, 0.5) is 0 Å². The minimum Gasteiger partial charge on any atom is -0.412 e. The molecule has 0 atom stereocenters. The van der Waals surface area contributed by atoms with Crippen LogP contribution in [0.3, 0.4) is 0 Å². The van der Waals surface area contributed by atoms with E-state index in [9.17, 15) is 0 Å². The van der Waals surface area contributed by atoms with Crippen LogP contribution in [0, 0.1) is 0 Å². The molecule has 0 saturated heterocycles. The summed E-state index contributed by atoms with van der Waals surface area (Å²) in [6.45, 7) is 1.93. The van der Waals surface area contributed by atoms with Gasteiger partial charge in [0.25, 0.3) is 0 Å². The van der Waals surface area contributed by atoms with E-state index in [4.69, 9.17) is 5.11 Å². The van der Waals surface area contributed by atoms with E-state index >= 15 is 0 Å². The Kier molecular flexibility index (Phi) is 755. The average molecular weight is 164 g/mol. The molecule has 0 heterocycles. The van der Waals surface area contributed by atoms with Gasteiger partial charge in [0.1, 0.15) is 0 Å². The van der Waals surface area contributed by atoms with Crippen molar-refractivity contribution in [1.82, 2.24) is 0 Å². The van der Waals surface area contributed by atoms with Gasteiger partial charge in [0.2, 0.25) is 0 Å². The standard InChI is InChI=1S/C2H6O.Cu.3H2O/c1-2-3;;;;/h3H,2H2,1H3;;3*1H2. The topological polar surface area (TPSA) is 115 Å². The van der Waals surface area contributed by atoms with Crippen LogP contribution in [0.15, 0.2) is 0 Å². The van der Waals surface area contributed by atoms with Gasteiger partial charge in [-0.1, -0.05) is 0 Å². The first-order chi connectivity index (χ1) is 1.41. The van der Waals surface area contributed by atoms with Gasteiger partial charge in [-0.05, 0) is 6.92 Å². The maximum atomic E-state index is 7.57. The van der Waals surface area contributed by atoms with Crippen molar-refractivity contribution in [3.63, 3.8) is 0 Å². The Morgan fingerprint density at radius 2 is 1.14 bits per heavy atom. The third kappa shape index (κ3) is 935. The predicted molar refractivity (Wildman–Crippen MR) is 23.6 cm³/mol. The van der Waals surface area contributed by atoms with Gasteiger partial charge in [-0.25, -0.2) is 0 Å². The first-order valence-corrected chi connectivity index (χ1v) is 1.02. The Morgan fingerprint density at radius 1 is 1.14 bits per heavy atom. The van der Waals surface area contributed by atoms with Crippen LogP contribution >= 0.6 is 0 Å². The molecule has 7 N–H and O–H groups in total. The third-order valence-corrected chi connectivity index (χ3v) is 0. The summed E-state index contributed by atoms with van der Waals surface area (Å²) in [6.07, 6.45) is 0. The Morgan fingerprint density at radius 3 is 1.14 bits per heavy atom. The van der Waals surface area contributed by atoms with Crippen molar-refractivity contribution in [3.8, 4) is 0 Å². The van der Waals surface area contributed by atoms with Crippen molar-refractivity contribution in [2.45, 2.75) is 6.92 Å². The molecule has 0 aliphatic heterocycles. The second-order valence-electron chi connectivity index (χ2n) is 0.316. The summed E-state index contributed by atoms with van der Waals surface area (Å²) in [5, 5.41) is 7.57. The van der Waals surface area contributed by atoms with Crippen molar-refractivity contribution in [2.24, 2.45) is 0 Å². The Balaban J connectivity index is -0.00000000333. The van der Waals surface area contributed by atoms with E-state index in [0.717, 1.165) is 0 Å². The van der Waals surface area contributed by atoms with E-state index in [0.29, 0.717) is 0 Å². The molecule has 0 unspecified atom stereocenters. The number of hydrogen-bond donors (Lipinski definition) is 1. The fourth-order valence-corrected chi connectivity index (χ4v) is 0. The maximum Gasteiger partial charge on any atom is 0.0402 e. The summed E-state index contributed by atoms with van der Waals surface area (Å²) in [4.78, 5) is 0. The molecule has 0 saturated carbocycles. The van der Waals surface area contributed by atoms with E-state index in [1.807, 2.05) is 0 Å². The fraction of sp³-hybridized carbons (Fsp3) is 1.00. The molecule has 5 heteroatoms. The van der Waals surface area contributed by atoms with Gasteiger partial charge in [-0.3, -0.25) is 0 Å². The van der Waals surface area contributed by atoms with Gasteiger partial charge in [0.05, 0.1) is 0 Å². The molecule has 0 aromatic rings. The molecule has 7 heavy (non-hydrogen) atoms.